The van der Waals surface area contributed by atoms with Crippen molar-refractivity contribution in [3.8, 4) is 0 Å². The summed E-state index contributed by atoms with van der Waals surface area (Å²) in [6.07, 6.45) is 4.40. The van der Waals surface area contributed by atoms with Crippen LogP contribution in [-0.2, 0) is 28.7 Å². The predicted molar refractivity (Wildman–Crippen MR) is 136 cm³/mol. The summed E-state index contributed by atoms with van der Waals surface area (Å²) in [7, 11) is 2.53. The molecule has 2 bridgehead atoms. The lowest BCUT2D eigenvalue weighted by atomic mass is 10.0. The first-order chi connectivity index (χ1) is 16.5. The zero-order chi connectivity index (χ0) is 26.1. The normalized spacial score (nSPS) is 29.8. The van der Waals surface area contributed by atoms with Gasteiger partial charge in [0.1, 0.15) is 23.9 Å². The molecule has 1 unspecified atom stereocenters. The topological polar surface area (TPSA) is 143 Å². The average Bonchev–Trinajstić information content (AvgIpc) is 2.78. The summed E-state index contributed by atoms with van der Waals surface area (Å²) >= 11 is 0. The fourth-order valence-corrected chi connectivity index (χ4v) is 5.50. The summed E-state index contributed by atoms with van der Waals surface area (Å²) in [6, 6.07) is -1.91. The Hall–Kier alpha value is -2.47. The van der Waals surface area contributed by atoms with Gasteiger partial charge in [-0.25, -0.2) is 4.79 Å². The van der Waals surface area contributed by atoms with Crippen LogP contribution in [0.2, 0.25) is 0 Å². The van der Waals surface area contributed by atoms with Crippen LogP contribution in [0, 0.1) is 11.8 Å². The molecule has 3 aliphatic rings. The Morgan fingerprint density at radius 3 is 2.29 bits per heavy atom. The maximum absolute atomic E-state index is 13.1. The van der Waals surface area contributed by atoms with Crippen molar-refractivity contribution in [1.29, 1.82) is 0 Å². The van der Waals surface area contributed by atoms with Crippen LogP contribution in [0.3, 0.4) is 0 Å². The molecule has 1 fully saturated rings. The van der Waals surface area contributed by atoms with Crippen LogP contribution >= 0.6 is 21.6 Å². The van der Waals surface area contributed by atoms with Crippen molar-refractivity contribution in [1.82, 2.24) is 21.3 Å². The molecule has 3 rings (SSSR count). The minimum absolute atomic E-state index is 0.0531. The van der Waals surface area contributed by atoms with Crippen molar-refractivity contribution in [2.45, 2.75) is 71.0 Å². The number of carbonyl (C=O) groups is 5. The molecule has 0 radical (unpaired) electrons. The predicted octanol–water partition coefficient (Wildman–Crippen LogP) is 1.39. The lowest BCUT2D eigenvalue weighted by molar-refractivity contribution is -0.153. The van der Waals surface area contributed by atoms with Crippen molar-refractivity contribution in [3.63, 3.8) is 0 Å². The third kappa shape index (κ3) is 8.60. The second-order valence-corrected chi connectivity index (χ2v) is 11.5. The summed E-state index contributed by atoms with van der Waals surface area (Å²) in [5.74, 6) is -2.96. The molecule has 4 amide bonds. The SMILES string of the molecule is C/C=C1/NC(=O)C2NC(=O)[C@@H](C(C)C)NC(=O)C[C@@H](/C=C\CCSS2)OC(=O)[C@H](C(C)C)NC1=O. The summed E-state index contributed by atoms with van der Waals surface area (Å²) < 4.78 is 5.63. The number of allylic oxidation sites excluding steroid dienone is 2. The summed E-state index contributed by atoms with van der Waals surface area (Å²) in [4.78, 5) is 64.9. The highest BCUT2D eigenvalue weighted by molar-refractivity contribution is 8.77. The molecule has 10 nitrogen and oxygen atoms in total. The second kappa shape index (κ2) is 13.6. The monoisotopic (exact) mass is 526 g/mol. The minimum atomic E-state index is -1.02. The number of amides is 4. The lowest BCUT2D eigenvalue weighted by Crippen LogP contribution is -2.55. The zero-order valence-electron chi connectivity index (χ0n) is 20.6. The molecule has 0 aromatic rings. The number of esters is 1. The van der Waals surface area contributed by atoms with Crippen molar-refractivity contribution in [3.05, 3.63) is 23.9 Å². The van der Waals surface area contributed by atoms with Crippen LogP contribution in [0.15, 0.2) is 23.9 Å². The van der Waals surface area contributed by atoms with E-state index < -0.39 is 53.2 Å². The Balaban J connectivity index is 2.55. The van der Waals surface area contributed by atoms with E-state index in [1.54, 1.807) is 40.7 Å². The van der Waals surface area contributed by atoms with Gasteiger partial charge in [0, 0.05) is 5.75 Å². The van der Waals surface area contributed by atoms with Gasteiger partial charge in [0.2, 0.25) is 11.8 Å². The smallest absolute Gasteiger partial charge is 0.329 e. The number of carbonyl (C=O) groups excluding carboxylic acids is 5. The van der Waals surface area contributed by atoms with Crippen molar-refractivity contribution in [2.24, 2.45) is 11.8 Å². The Kier molecular flexibility index (Phi) is 11.2. The summed E-state index contributed by atoms with van der Waals surface area (Å²) in [5.41, 5.74) is -0.0531. The molecule has 1 saturated heterocycles. The van der Waals surface area contributed by atoms with Crippen LogP contribution in [-0.4, -0.2) is 58.9 Å². The Morgan fingerprint density at radius 1 is 0.971 bits per heavy atom. The van der Waals surface area contributed by atoms with E-state index in [0.29, 0.717) is 12.2 Å². The van der Waals surface area contributed by atoms with Gasteiger partial charge in [0.05, 0.1) is 6.42 Å². The molecule has 4 atom stereocenters. The Labute approximate surface area is 213 Å². The van der Waals surface area contributed by atoms with Crippen LogP contribution in [0.25, 0.3) is 0 Å². The fourth-order valence-electron chi connectivity index (χ4n) is 3.33. The first-order valence-electron chi connectivity index (χ1n) is 11.6. The molecule has 12 heteroatoms. The van der Waals surface area contributed by atoms with Gasteiger partial charge in [-0.15, -0.1) is 0 Å². The van der Waals surface area contributed by atoms with E-state index in [2.05, 4.69) is 21.3 Å². The minimum Gasteiger partial charge on any atom is -0.456 e. The lowest BCUT2D eigenvalue weighted by Gasteiger charge is -2.28. The fraction of sp³-hybridized carbons (Fsp3) is 0.609. The molecule has 3 aliphatic heterocycles. The van der Waals surface area contributed by atoms with E-state index in [0.717, 1.165) is 10.8 Å². The van der Waals surface area contributed by atoms with Crippen LogP contribution in [0.4, 0.5) is 0 Å². The summed E-state index contributed by atoms with van der Waals surface area (Å²) in [5, 5.41) is 9.55. The van der Waals surface area contributed by atoms with Gasteiger partial charge < -0.3 is 26.0 Å². The Morgan fingerprint density at radius 2 is 1.66 bits per heavy atom. The maximum Gasteiger partial charge on any atom is 0.329 e. The van der Waals surface area contributed by atoms with Gasteiger partial charge in [-0.3, -0.25) is 19.2 Å². The third-order valence-corrected chi connectivity index (χ3v) is 7.86. The van der Waals surface area contributed by atoms with E-state index in [-0.39, 0.29) is 24.0 Å². The molecule has 0 aliphatic carbocycles. The number of hydrogen-bond donors (Lipinski definition) is 4. The number of rotatable bonds is 2. The molecular weight excluding hydrogens is 492 g/mol. The highest BCUT2D eigenvalue weighted by atomic mass is 33.1. The van der Waals surface area contributed by atoms with E-state index >= 15 is 0 Å². The van der Waals surface area contributed by atoms with E-state index in [1.807, 2.05) is 6.08 Å². The van der Waals surface area contributed by atoms with Gasteiger partial charge in [-0.05, 0) is 31.3 Å². The van der Waals surface area contributed by atoms with Gasteiger partial charge in [-0.2, -0.15) is 0 Å². The largest absolute Gasteiger partial charge is 0.456 e. The van der Waals surface area contributed by atoms with E-state index in [1.165, 1.54) is 16.9 Å². The number of fused-ring (bicyclic) bond motifs is 16. The third-order valence-electron chi connectivity index (χ3n) is 5.31. The Bertz CT molecular complexity index is 889. The molecule has 0 aromatic heterocycles. The average molecular weight is 527 g/mol. The molecule has 35 heavy (non-hydrogen) atoms. The van der Waals surface area contributed by atoms with E-state index in [9.17, 15) is 24.0 Å². The van der Waals surface area contributed by atoms with E-state index in [4.69, 9.17) is 4.74 Å². The number of ether oxygens (including phenoxy) is 1. The quantitative estimate of drug-likeness (QED) is 0.139. The van der Waals surface area contributed by atoms with Gasteiger partial charge in [0.15, 0.2) is 5.37 Å². The standard InChI is InChI=1S/C23H34N4O6S2/c1-6-15-19(29)26-18(13(4)5)23(32)33-14-9-7-8-10-34-35-22(21(31)24-15)27-20(30)17(12(2)3)25-16(28)11-14/h6-7,9,12-14,17-18,22H,8,10-11H2,1-5H3,(H,24,31)(H,25,28)(H,26,29)(H,27,30)/b9-7-,15-6+/t14-,17-,18+,22?/m1/s1. The zero-order valence-corrected chi connectivity index (χ0v) is 22.2. The van der Waals surface area contributed by atoms with Crippen LogP contribution in [0.5, 0.6) is 0 Å². The molecule has 3 heterocycles. The number of hydrogen-bond acceptors (Lipinski definition) is 8. The van der Waals surface area contributed by atoms with Gasteiger partial charge in [0.25, 0.3) is 11.8 Å². The first-order valence-corrected chi connectivity index (χ1v) is 13.9. The maximum atomic E-state index is 13.1. The number of nitrogens with one attached hydrogen (secondary N) is 4. The highest BCUT2D eigenvalue weighted by Gasteiger charge is 2.33. The summed E-state index contributed by atoms with van der Waals surface area (Å²) in [6.45, 7) is 8.63. The van der Waals surface area contributed by atoms with Crippen molar-refractivity contribution >= 4 is 51.2 Å². The molecule has 0 saturated carbocycles. The molecule has 4 N–H and O–H groups in total. The molecule has 0 aromatic carbocycles. The van der Waals surface area contributed by atoms with Crippen LogP contribution in [0.1, 0.15) is 47.5 Å². The van der Waals surface area contributed by atoms with Crippen molar-refractivity contribution < 1.29 is 28.7 Å². The van der Waals surface area contributed by atoms with Crippen LogP contribution < -0.4 is 21.3 Å². The molecular formula is C23H34N4O6S2. The molecule has 0 spiro atoms. The highest BCUT2D eigenvalue weighted by Crippen LogP contribution is 2.27. The first kappa shape index (κ1) is 28.8. The van der Waals surface area contributed by atoms with Crippen molar-refractivity contribution in [2.75, 3.05) is 5.75 Å². The second-order valence-electron chi connectivity index (χ2n) is 8.88. The van der Waals surface area contributed by atoms with Gasteiger partial charge in [-0.1, -0.05) is 61.4 Å². The van der Waals surface area contributed by atoms with Gasteiger partial charge >= 0.3 is 5.97 Å². The molecule has 194 valence electrons.